The number of hydrogen-bond acceptors (Lipinski definition) is 4. The SMILES string of the molecule is CC(C)=CCC[C@@H](C)CCOc1ccc(OBOc2ccc(OCC[C@H](C)CCC=C(C)C)cc2)cc1. The molecule has 2 atom stereocenters. The fourth-order valence-corrected chi connectivity index (χ4v) is 3.79. The molecule has 2 aromatic carbocycles. The van der Waals surface area contributed by atoms with Crippen molar-refractivity contribution in [3.63, 3.8) is 0 Å². The van der Waals surface area contributed by atoms with E-state index in [1.165, 1.54) is 24.0 Å². The highest BCUT2D eigenvalue weighted by molar-refractivity contribution is 6.20. The van der Waals surface area contributed by atoms with Gasteiger partial charge in [-0.2, -0.15) is 0 Å². The van der Waals surface area contributed by atoms with Crippen LogP contribution in [0.2, 0.25) is 0 Å². The van der Waals surface area contributed by atoms with E-state index in [1.807, 2.05) is 48.5 Å². The van der Waals surface area contributed by atoms with Gasteiger partial charge in [0.25, 0.3) is 0 Å². The molecule has 0 aliphatic heterocycles. The van der Waals surface area contributed by atoms with Crippen LogP contribution >= 0.6 is 0 Å². The Labute approximate surface area is 226 Å². The topological polar surface area (TPSA) is 36.9 Å². The summed E-state index contributed by atoms with van der Waals surface area (Å²) in [7, 11) is 0.146. The van der Waals surface area contributed by atoms with Gasteiger partial charge in [-0.05, 0) is 127 Å². The molecule has 0 fully saturated rings. The predicted molar refractivity (Wildman–Crippen MR) is 157 cm³/mol. The monoisotopic (exact) mass is 506 g/mol. The highest BCUT2D eigenvalue weighted by Crippen LogP contribution is 2.21. The molecule has 0 aliphatic rings. The molecule has 0 unspecified atom stereocenters. The molecule has 0 saturated carbocycles. The molecule has 2 rings (SSSR count). The maximum atomic E-state index is 5.89. The molecule has 0 amide bonds. The quantitative estimate of drug-likeness (QED) is 0.150. The number of allylic oxidation sites excluding steroid dienone is 4. The summed E-state index contributed by atoms with van der Waals surface area (Å²) in [6, 6.07) is 15.4. The Kier molecular flexibility index (Phi) is 14.5. The van der Waals surface area contributed by atoms with Gasteiger partial charge in [0.2, 0.25) is 0 Å². The van der Waals surface area contributed by atoms with Crippen LogP contribution in [0.5, 0.6) is 23.0 Å². The van der Waals surface area contributed by atoms with Crippen molar-refractivity contribution in [3.05, 3.63) is 71.8 Å². The molecule has 0 aliphatic carbocycles. The normalized spacial score (nSPS) is 12.2. The fraction of sp³-hybridized carbons (Fsp3) is 0.500. The van der Waals surface area contributed by atoms with E-state index in [0.29, 0.717) is 11.8 Å². The molecule has 37 heavy (non-hydrogen) atoms. The van der Waals surface area contributed by atoms with E-state index < -0.39 is 0 Å². The molecule has 2 aromatic rings. The van der Waals surface area contributed by atoms with Crippen molar-refractivity contribution >= 4 is 7.69 Å². The number of rotatable bonds is 18. The second-order valence-electron chi connectivity index (χ2n) is 10.6. The average molecular weight is 507 g/mol. The molecule has 202 valence electrons. The first-order chi connectivity index (χ1) is 17.8. The van der Waals surface area contributed by atoms with Crippen LogP contribution in [0.1, 0.15) is 80.1 Å². The summed E-state index contributed by atoms with van der Waals surface area (Å²) in [5.41, 5.74) is 2.78. The molecule has 4 nitrogen and oxygen atoms in total. The van der Waals surface area contributed by atoms with Crippen molar-refractivity contribution < 1.29 is 18.8 Å². The Bertz CT molecular complexity index is 849. The van der Waals surface area contributed by atoms with Crippen molar-refractivity contribution in [2.45, 2.75) is 80.1 Å². The van der Waals surface area contributed by atoms with Gasteiger partial charge in [0.05, 0.1) is 13.2 Å². The summed E-state index contributed by atoms with van der Waals surface area (Å²) >= 11 is 0. The largest absolute Gasteiger partial charge is 0.576 e. The minimum absolute atomic E-state index is 0.146. The van der Waals surface area contributed by atoms with Crippen molar-refractivity contribution in [2.24, 2.45) is 11.8 Å². The molecule has 0 heterocycles. The third-order valence-corrected chi connectivity index (χ3v) is 6.28. The Balaban J connectivity index is 1.60. The predicted octanol–water partition coefficient (Wildman–Crippen LogP) is 8.71. The third kappa shape index (κ3) is 14.5. The summed E-state index contributed by atoms with van der Waals surface area (Å²) in [5.74, 6) is 4.54. The lowest BCUT2D eigenvalue weighted by molar-refractivity contribution is 0.279. The van der Waals surface area contributed by atoms with Crippen LogP contribution in [0.15, 0.2) is 71.8 Å². The van der Waals surface area contributed by atoms with Crippen LogP contribution < -0.4 is 18.8 Å². The van der Waals surface area contributed by atoms with E-state index in [2.05, 4.69) is 53.7 Å². The fourth-order valence-electron chi connectivity index (χ4n) is 3.79. The van der Waals surface area contributed by atoms with Crippen LogP contribution in [0.4, 0.5) is 0 Å². The second-order valence-corrected chi connectivity index (χ2v) is 10.6. The Morgan fingerprint density at radius 2 is 0.946 bits per heavy atom. The number of benzene rings is 2. The highest BCUT2D eigenvalue weighted by Gasteiger charge is 2.05. The molecule has 0 spiro atoms. The minimum Gasteiger partial charge on any atom is -0.529 e. The van der Waals surface area contributed by atoms with E-state index >= 15 is 0 Å². The summed E-state index contributed by atoms with van der Waals surface area (Å²) in [5, 5.41) is 0. The lowest BCUT2D eigenvalue weighted by Crippen LogP contribution is -2.11. The zero-order valence-corrected chi connectivity index (χ0v) is 23.9. The minimum atomic E-state index is 0.146. The summed E-state index contributed by atoms with van der Waals surface area (Å²) in [6.07, 6.45) is 11.4. The standard InChI is InChI=1S/C32H47BO4/c1-25(2)9-7-11-27(5)21-23-34-29-13-17-31(18-14-29)36-33-37-32-19-15-30(16-20-32)35-24-22-28(6)12-8-10-26(3)4/h9-10,13-20,27-28,33H,7-8,11-12,21-24H2,1-6H3/t27-,28-/m1/s1. The van der Waals surface area contributed by atoms with Gasteiger partial charge >= 0.3 is 7.69 Å². The van der Waals surface area contributed by atoms with Gasteiger partial charge in [0.15, 0.2) is 0 Å². The smallest absolute Gasteiger partial charge is 0.529 e. The maximum Gasteiger partial charge on any atom is 0.576 e. The van der Waals surface area contributed by atoms with Crippen molar-refractivity contribution in [2.75, 3.05) is 13.2 Å². The van der Waals surface area contributed by atoms with Gasteiger partial charge in [-0.25, -0.2) is 0 Å². The zero-order valence-electron chi connectivity index (χ0n) is 23.9. The number of ether oxygens (including phenoxy) is 2. The van der Waals surface area contributed by atoms with Crippen LogP contribution in [-0.2, 0) is 0 Å². The van der Waals surface area contributed by atoms with E-state index in [1.54, 1.807) is 0 Å². The van der Waals surface area contributed by atoms with Gasteiger partial charge in [-0.1, -0.05) is 37.1 Å². The molecular weight excluding hydrogens is 459 g/mol. The lowest BCUT2D eigenvalue weighted by Gasteiger charge is -2.13. The van der Waals surface area contributed by atoms with E-state index in [-0.39, 0.29) is 7.69 Å². The molecular formula is C32H47BO4. The third-order valence-electron chi connectivity index (χ3n) is 6.28. The Morgan fingerprint density at radius 1 is 0.595 bits per heavy atom. The van der Waals surface area contributed by atoms with E-state index in [4.69, 9.17) is 18.8 Å². The van der Waals surface area contributed by atoms with Gasteiger partial charge < -0.3 is 18.8 Å². The van der Waals surface area contributed by atoms with Gasteiger partial charge in [-0.3, -0.25) is 0 Å². The van der Waals surface area contributed by atoms with Crippen LogP contribution in [0, 0.1) is 11.8 Å². The van der Waals surface area contributed by atoms with Crippen LogP contribution in [-0.4, -0.2) is 20.9 Å². The Hall–Kier alpha value is -2.82. The van der Waals surface area contributed by atoms with Crippen LogP contribution in [0.25, 0.3) is 0 Å². The summed E-state index contributed by atoms with van der Waals surface area (Å²) in [4.78, 5) is 0. The first kappa shape index (κ1) is 30.4. The lowest BCUT2D eigenvalue weighted by atomic mass is 10.0. The van der Waals surface area contributed by atoms with Crippen LogP contribution in [0.3, 0.4) is 0 Å². The zero-order chi connectivity index (χ0) is 26.9. The van der Waals surface area contributed by atoms with Gasteiger partial charge in [0.1, 0.15) is 23.0 Å². The first-order valence-corrected chi connectivity index (χ1v) is 13.8. The van der Waals surface area contributed by atoms with E-state index in [9.17, 15) is 0 Å². The van der Waals surface area contributed by atoms with Crippen molar-refractivity contribution in [1.29, 1.82) is 0 Å². The van der Waals surface area contributed by atoms with Gasteiger partial charge in [-0.15, -0.1) is 0 Å². The molecule has 0 saturated heterocycles. The molecule has 5 heteroatoms. The molecule has 0 radical (unpaired) electrons. The van der Waals surface area contributed by atoms with Gasteiger partial charge in [0, 0.05) is 0 Å². The van der Waals surface area contributed by atoms with Crippen molar-refractivity contribution in [3.8, 4) is 23.0 Å². The molecule has 0 bridgehead atoms. The average Bonchev–Trinajstić information content (AvgIpc) is 2.85. The highest BCUT2D eigenvalue weighted by atomic mass is 16.6. The Morgan fingerprint density at radius 3 is 1.30 bits per heavy atom. The number of hydrogen-bond donors (Lipinski definition) is 0. The molecule has 0 N–H and O–H groups in total. The maximum absolute atomic E-state index is 5.89. The second kappa shape index (κ2) is 17.6. The summed E-state index contributed by atoms with van der Waals surface area (Å²) < 4.78 is 23.2. The van der Waals surface area contributed by atoms with Crippen molar-refractivity contribution in [1.82, 2.24) is 0 Å². The molecule has 0 aromatic heterocycles. The summed E-state index contributed by atoms with van der Waals surface area (Å²) in [6.45, 7) is 14.6. The first-order valence-electron chi connectivity index (χ1n) is 13.8. The van der Waals surface area contributed by atoms with E-state index in [0.717, 1.165) is 61.9 Å².